The van der Waals surface area contributed by atoms with Crippen molar-refractivity contribution < 1.29 is 9.84 Å². The minimum Gasteiger partial charge on any atom is -0.508 e. The Morgan fingerprint density at radius 2 is 1.88 bits per heavy atom. The predicted octanol–water partition coefficient (Wildman–Crippen LogP) is 2.95. The molecule has 0 aliphatic rings. The van der Waals surface area contributed by atoms with Gasteiger partial charge in [-0.2, -0.15) is 0 Å². The minimum absolute atomic E-state index is 0.267. The third-order valence-corrected chi connectivity index (χ3v) is 2.91. The van der Waals surface area contributed by atoms with Crippen LogP contribution in [0.1, 0.15) is 0 Å². The smallest absolute Gasteiger partial charge is 0.213 e. The molecule has 0 amide bonds. The zero-order valence-electron chi connectivity index (χ0n) is 8.75. The lowest BCUT2D eigenvalue weighted by atomic mass is 10.3. The molecule has 1 heterocycles. The average Bonchev–Trinajstić information content (AvgIpc) is 2.32. The topological polar surface area (TPSA) is 42.4 Å². The number of methoxy groups -OCH3 is 1. The van der Waals surface area contributed by atoms with Crippen LogP contribution in [0.4, 0.5) is 0 Å². The molecule has 1 N–H and O–H groups in total. The van der Waals surface area contributed by atoms with Crippen LogP contribution in [0.15, 0.2) is 52.4 Å². The number of rotatable bonds is 3. The molecular weight excluding hydrogens is 222 g/mol. The van der Waals surface area contributed by atoms with Crippen molar-refractivity contribution in [2.45, 2.75) is 9.92 Å². The third-order valence-electron chi connectivity index (χ3n) is 1.97. The Balaban J connectivity index is 2.16. The number of ether oxygens (including phenoxy) is 1. The number of hydrogen-bond acceptors (Lipinski definition) is 4. The van der Waals surface area contributed by atoms with Gasteiger partial charge >= 0.3 is 0 Å². The van der Waals surface area contributed by atoms with Crippen LogP contribution >= 0.6 is 11.8 Å². The highest BCUT2D eigenvalue weighted by atomic mass is 32.2. The van der Waals surface area contributed by atoms with E-state index in [-0.39, 0.29) is 5.75 Å². The van der Waals surface area contributed by atoms with Gasteiger partial charge in [0, 0.05) is 11.0 Å². The summed E-state index contributed by atoms with van der Waals surface area (Å²) in [6.45, 7) is 0. The summed E-state index contributed by atoms with van der Waals surface area (Å²) >= 11 is 1.52. The Labute approximate surface area is 98.1 Å². The van der Waals surface area contributed by atoms with E-state index in [0.717, 1.165) is 9.92 Å². The fraction of sp³-hybridized carbons (Fsp3) is 0.0833. The first-order chi connectivity index (χ1) is 7.78. The second kappa shape index (κ2) is 4.90. The van der Waals surface area contributed by atoms with Crippen molar-refractivity contribution in [3.05, 3.63) is 42.5 Å². The summed E-state index contributed by atoms with van der Waals surface area (Å²) in [5.74, 6) is 0.867. The Kier molecular flexibility index (Phi) is 3.31. The van der Waals surface area contributed by atoms with Gasteiger partial charge in [-0.15, -0.1) is 0 Å². The number of hydrogen-bond donors (Lipinski definition) is 1. The number of nitrogens with zero attached hydrogens (tertiary/aromatic N) is 1. The number of pyridine rings is 1. The lowest BCUT2D eigenvalue weighted by Crippen LogP contribution is -1.87. The molecule has 0 saturated heterocycles. The molecule has 0 radical (unpaired) electrons. The van der Waals surface area contributed by atoms with Crippen molar-refractivity contribution in [1.82, 2.24) is 4.98 Å². The zero-order valence-corrected chi connectivity index (χ0v) is 9.57. The van der Waals surface area contributed by atoms with Crippen LogP contribution in [0.2, 0.25) is 0 Å². The van der Waals surface area contributed by atoms with Gasteiger partial charge in [-0.25, -0.2) is 4.98 Å². The predicted molar refractivity (Wildman–Crippen MR) is 63.0 cm³/mol. The summed E-state index contributed by atoms with van der Waals surface area (Å²) in [6, 6.07) is 12.6. The largest absolute Gasteiger partial charge is 0.508 e. The Hall–Kier alpha value is -1.68. The van der Waals surface area contributed by atoms with Crippen LogP contribution in [-0.2, 0) is 0 Å². The molecule has 0 spiro atoms. The molecular formula is C12H11NO2S. The maximum atomic E-state index is 9.16. The molecule has 1 aromatic heterocycles. The SMILES string of the molecule is COc1cccc(Sc2ccc(O)cc2)n1. The van der Waals surface area contributed by atoms with Crippen LogP contribution in [0.5, 0.6) is 11.6 Å². The highest BCUT2D eigenvalue weighted by molar-refractivity contribution is 7.99. The standard InChI is InChI=1S/C12H11NO2S/c1-15-11-3-2-4-12(13-11)16-10-7-5-9(14)6-8-10/h2-8,14H,1H3. The monoisotopic (exact) mass is 233 g/mol. The van der Waals surface area contributed by atoms with Gasteiger partial charge in [0.15, 0.2) is 0 Å². The molecule has 0 aliphatic carbocycles. The average molecular weight is 233 g/mol. The first-order valence-electron chi connectivity index (χ1n) is 4.76. The molecule has 0 bridgehead atoms. The molecule has 1 aromatic carbocycles. The number of aromatic hydroxyl groups is 1. The van der Waals surface area contributed by atoms with Gasteiger partial charge in [0.1, 0.15) is 10.8 Å². The fourth-order valence-corrected chi connectivity index (χ4v) is 2.00. The number of aromatic nitrogens is 1. The maximum absolute atomic E-state index is 9.16. The van der Waals surface area contributed by atoms with E-state index in [9.17, 15) is 0 Å². The fourth-order valence-electron chi connectivity index (χ4n) is 1.20. The van der Waals surface area contributed by atoms with E-state index >= 15 is 0 Å². The third kappa shape index (κ3) is 2.67. The molecule has 0 unspecified atom stereocenters. The van der Waals surface area contributed by atoms with E-state index in [0.29, 0.717) is 5.88 Å². The van der Waals surface area contributed by atoms with E-state index in [2.05, 4.69) is 4.98 Å². The van der Waals surface area contributed by atoms with Crippen molar-refractivity contribution in [2.24, 2.45) is 0 Å². The van der Waals surface area contributed by atoms with E-state index in [1.807, 2.05) is 24.3 Å². The zero-order chi connectivity index (χ0) is 11.4. The Morgan fingerprint density at radius 1 is 1.12 bits per heavy atom. The second-order valence-corrected chi connectivity index (χ2v) is 4.21. The van der Waals surface area contributed by atoms with Crippen LogP contribution in [-0.4, -0.2) is 17.2 Å². The summed E-state index contributed by atoms with van der Waals surface area (Å²) in [4.78, 5) is 5.31. The van der Waals surface area contributed by atoms with E-state index < -0.39 is 0 Å². The van der Waals surface area contributed by atoms with Gasteiger partial charge < -0.3 is 9.84 Å². The highest BCUT2D eigenvalue weighted by Gasteiger charge is 2.00. The Morgan fingerprint density at radius 3 is 2.56 bits per heavy atom. The van der Waals surface area contributed by atoms with Crippen molar-refractivity contribution >= 4 is 11.8 Å². The molecule has 82 valence electrons. The molecule has 0 fully saturated rings. The lowest BCUT2D eigenvalue weighted by Gasteiger charge is -2.03. The van der Waals surface area contributed by atoms with Crippen molar-refractivity contribution in [1.29, 1.82) is 0 Å². The van der Waals surface area contributed by atoms with Gasteiger partial charge in [0.2, 0.25) is 5.88 Å². The minimum atomic E-state index is 0.267. The van der Waals surface area contributed by atoms with Crippen molar-refractivity contribution in [3.8, 4) is 11.6 Å². The summed E-state index contributed by atoms with van der Waals surface area (Å²) < 4.78 is 5.05. The molecule has 2 aromatic rings. The normalized spacial score (nSPS) is 10.1. The van der Waals surface area contributed by atoms with Gasteiger partial charge in [0.25, 0.3) is 0 Å². The van der Waals surface area contributed by atoms with Gasteiger partial charge in [-0.1, -0.05) is 17.8 Å². The van der Waals surface area contributed by atoms with Crippen LogP contribution in [0.25, 0.3) is 0 Å². The summed E-state index contributed by atoms with van der Waals surface area (Å²) in [7, 11) is 1.59. The van der Waals surface area contributed by atoms with Crippen LogP contribution in [0.3, 0.4) is 0 Å². The van der Waals surface area contributed by atoms with E-state index in [1.54, 1.807) is 25.3 Å². The van der Waals surface area contributed by atoms with E-state index in [4.69, 9.17) is 9.84 Å². The van der Waals surface area contributed by atoms with Gasteiger partial charge in [0.05, 0.1) is 7.11 Å². The number of benzene rings is 1. The molecule has 0 aliphatic heterocycles. The Bertz CT molecular complexity index is 471. The van der Waals surface area contributed by atoms with Crippen molar-refractivity contribution in [3.63, 3.8) is 0 Å². The van der Waals surface area contributed by atoms with Crippen LogP contribution in [0, 0.1) is 0 Å². The van der Waals surface area contributed by atoms with Crippen LogP contribution < -0.4 is 4.74 Å². The first kappa shape index (κ1) is 10.8. The second-order valence-electron chi connectivity index (χ2n) is 3.11. The quantitative estimate of drug-likeness (QED) is 0.885. The van der Waals surface area contributed by atoms with Crippen molar-refractivity contribution in [2.75, 3.05) is 7.11 Å². The summed E-state index contributed by atoms with van der Waals surface area (Å²) in [5, 5.41) is 10.0. The molecule has 4 heteroatoms. The molecule has 3 nitrogen and oxygen atoms in total. The number of phenolic OH excluding ortho intramolecular Hbond substituents is 1. The summed E-state index contributed by atoms with van der Waals surface area (Å²) in [6.07, 6.45) is 0. The first-order valence-corrected chi connectivity index (χ1v) is 5.57. The van der Waals surface area contributed by atoms with Gasteiger partial charge in [-0.05, 0) is 30.3 Å². The lowest BCUT2D eigenvalue weighted by molar-refractivity contribution is 0.394. The highest BCUT2D eigenvalue weighted by Crippen LogP contribution is 2.28. The molecule has 0 atom stereocenters. The van der Waals surface area contributed by atoms with Gasteiger partial charge in [-0.3, -0.25) is 0 Å². The molecule has 2 rings (SSSR count). The van der Waals surface area contributed by atoms with E-state index in [1.165, 1.54) is 11.8 Å². The summed E-state index contributed by atoms with van der Waals surface area (Å²) in [5.41, 5.74) is 0. The maximum Gasteiger partial charge on any atom is 0.213 e. The molecule has 16 heavy (non-hydrogen) atoms. The molecule has 0 saturated carbocycles. The number of phenols is 1.